The third kappa shape index (κ3) is 6.96. The average molecular weight is 601 g/mol. The summed E-state index contributed by atoms with van der Waals surface area (Å²) in [4.78, 5) is 35.6. The summed E-state index contributed by atoms with van der Waals surface area (Å²) >= 11 is 6.31. The van der Waals surface area contributed by atoms with E-state index in [2.05, 4.69) is 58.1 Å². The van der Waals surface area contributed by atoms with Gasteiger partial charge in [-0.1, -0.05) is 96.3 Å². The maximum absolute atomic E-state index is 14.4. The number of amides is 2. The number of aryl methyl sites for hydroxylation is 1. The molecule has 2 amide bonds. The maximum atomic E-state index is 14.4. The number of nitrogens with zero attached hydrogens (tertiary/aromatic N) is 3. The average Bonchev–Trinajstić information content (AvgIpc) is 2.97. The van der Waals surface area contributed by atoms with Gasteiger partial charge in [0, 0.05) is 17.3 Å². The smallest absolute Gasteiger partial charge is 0.314 e. The highest BCUT2D eigenvalue weighted by molar-refractivity contribution is 6.30. The Morgan fingerprint density at radius 1 is 0.953 bits per heavy atom. The summed E-state index contributed by atoms with van der Waals surface area (Å²) in [7, 11) is 0. The molecular formula is C36H45ClN4O2. The maximum Gasteiger partial charge on any atom is 0.322 e. The van der Waals surface area contributed by atoms with Gasteiger partial charge in [0.05, 0.1) is 22.6 Å². The summed E-state index contributed by atoms with van der Waals surface area (Å²) in [6.45, 7) is 15.3. The molecule has 0 radical (unpaired) electrons. The number of anilines is 1. The molecule has 0 saturated carbocycles. The van der Waals surface area contributed by atoms with Crippen molar-refractivity contribution in [3.63, 3.8) is 0 Å². The second kappa shape index (κ2) is 14.2. The second-order valence-electron chi connectivity index (χ2n) is 11.9. The SMILES string of the molecule is CCCCCN(C(=O)Nc1c(C(C)C)cccc1C(C)C)C(CC)c1nc2ccccc2c(=O)n1-c1ccc(Cl)cc1C. The van der Waals surface area contributed by atoms with Gasteiger partial charge in [0.15, 0.2) is 0 Å². The lowest BCUT2D eigenvalue weighted by Crippen LogP contribution is -2.41. The van der Waals surface area contributed by atoms with E-state index in [1.807, 2.05) is 49.1 Å². The molecule has 3 aromatic carbocycles. The van der Waals surface area contributed by atoms with Gasteiger partial charge in [0.1, 0.15) is 5.82 Å². The summed E-state index contributed by atoms with van der Waals surface area (Å²) in [6, 6.07) is 18.5. The van der Waals surface area contributed by atoms with Gasteiger partial charge in [-0.2, -0.15) is 0 Å². The van der Waals surface area contributed by atoms with Crippen molar-refractivity contribution in [1.82, 2.24) is 14.5 Å². The molecule has 0 bridgehead atoms. The first-order chi connectivity index (χ1) is 20.6. The van der Waals surface area contributed by atoms with Crippen LogP contribution in [-0.2, 0) is 0 Å². The van der Waals surface area contributed by atoms with Crippen molar-refractivity contribution in [2.24, 2.45) is 0 Å². The predicted octanol–water partition coefficient (Wildman–Crippen LogP) is 9.77. The minimum absolute atomic E-state index is 0.161. The number of carbonyl (C=O) groups excluding carboxylic acids is 1. The van der Waals surface area contributed by atoms with Crippen LogP contribution in [0.25, 0.3) is 16.6 Å². The molecule has 0 fully saturated rings. The van der Waals surface area contributed by atoms with Gasteiger partial charge >= 0.3 is 6.03 Å². The number of rotatable bonds is 11. The van der Waals surface area contributed by atoms with E-state index >= 15 is 0 Å². The number of para-hydroxylation sites is 2. The van der Waals surface area contributed by atoms with Crippen LogP contribution in [0.1, 0.15) is 108 Å². The number of carbonyl (C=O) groups is 1. The van der Waals surface area contributed by atoms with Crippen molar-refractivity contribution in [2.75, 3.05) is 11.9 Å². The van der Waals surface area contributed by atoms with Crippen LogP contribution in [0.5, 0.6) is 0 Å². The van der Waals surface area contributed by atoms with Crippen molar-refractivity contribution in [2.45, 2.75) is 92.0 Å². The standard InChI is InChI=1S/C36H45ClN4O2/c1-8-10-13-21-40(36(43)39-33-27(23(3)4)16-14-17-28(33)24(5)6)31(9-2)34-38-30-18-12-11-15-29(30)35(42)41(34)32-20-19-26(37)22-25(32)7/h11-12,14-20,22-24,31H,8-10,13,21H2,1-7H3,(H,39,43). The molecule has 43 heavy (non-hydrogen) atoms. The van der Waals surface area contributed by atoms with Gasteiger partial charge in [-0.05, 0) is 78.6 Å². The minimum Gasteiger partial charge on any atom is -0.314 e. The molecule has 1 heterocycles. The van der Waals surface area contributed by atoms with E-state index in [1.54, 1.807) is 16.7 Å². The van der Waals surface area contributed by atoms with Crippen LogP contribution >= 0.6 is 11.6 Å². The van der Waals surface area contributed by atoms with Crippen LogP contribution < -0.4 is 10.9 Å². The number of hydrogen-bond donors (Lipinski definition) is 1. The molecule has 0 saturated heterocycles. The number of nitrogens with one attached hydrogen (secondary N) is 1. The van der Waals surface area contributed by atoms with E-state index in [9.17, 15) is 9.59 Å². The third-order valence-electron chi connectivity index (χ3n) is 8.13. The first-order valence-corrected chi connectivity index (χ1v) is 15.9. The topological polar surface area (TPSA) is 67.2 Å². The summed E-state index contributed by atoms with van der Waals surface area (Å²) in [5.41, 5.74) is 5.12. The molecule has 6 nitrogen and oxygen atoms in total. The fourth-order valence-electron chi connectivity index (χ4n) is 5.82. The van der Waals surface area contributed by atoms with Crippen LogP contribution in [0, 0.1) is 6.92 Å². The summed E-state index contributed by atoms with van der Waals surface area (Å²) in [5, 5.41) is 4.47. The number of urea groups is 1. The number of benzene rings is 3. The molecule has 4 rings (SSSR count). The van der Waals surface area contributed by atoms with Crippen LogP contribution in [0.3, 0.4) is 0 Å². The number of unbranched alkanes of at least 4 members (excludes halogenated alkanes) is 2. The molecule has 0 aliphatic heterocycles. The molecule has 1 unspecified atom stereocenters. The summed E-state index contributed by atoms with van der Waals surface area (Å²) < 4.78 is 1.68. The Balaban J connectivity index is 1.91. The Labute approximate surface area is 261 Å². The molecule has 7 heteroatoms. The van der Waals surface area contributed by atoms with Crippen LogP contribution in [0.4, 0.5) is 10.5 Å². The first kappa shape index (κ1) is 32.3. The van der Waals surface area contributed by atoms with Crippen LogP contribution in [0.15, 0.2) is 65.5 Å². The Hall–Kier alpha value is -3.64. The second-order valence-corrected chi connectivity index (χ2v) is 12.4. The van der Waals surface area contributed by atoms with Crippen molar-refractivity contribution < 1.29 is 4.79 Å². The van der Waals surface area contributed by atoms with Gasteiger partial charge in [0.2, 0.25) is 0 Å². The number of fused-ring (bicyclic) bond motifs is 1. The lowest BCUT2D eigenvalue weighted by atomic mass is 9.92. The van der Waals surface area contributed by atoms with E-state index in [0.29, 0.717) is 40.4 Å². The van der Waals surface area contributed by atoms with E-state index in [1.165, 1.54) is 0 Å². The molecule has 228 valence electrons. The molecule has 1 atom stereocenters. The Kier molecular flexibility index (Phi) is 10.7. The lowest BCUT2D eigenvalue weighted by molar-refractivity contribution is 0.179. The zero-order valence-corrected chi connectivity index (χ0v) is 27.3. The molecule has 1 N–H and O–H groups in total. The molecular weight excluding hydrogens is 556 g/mol. The van der Waals surface area contributed by atoms with Crippen LogP contribution in [-0.4, -0.2) is 27.0 Å². The Morgan fingerprint density at radius 2 is 1.63 bits per heavy atom. The zero-order chi connectivity index (χ0) is 31.3. The highest BCUT2D eigenvalue weighted by Gasteiger charge is 2.30. The Morgan fingerprint density at radius 3 is 2.23 bits per heavy atom. The summed E-state index contributed by atoms with van der Waals surface area (Å²) in [6.07, 6.45) is 3.46. The molecule has 0 aliphatic carbocycles. The number of halogens is 1. The summed E-state index contributed by atoms with van der Waals surface area (Å²) in [5.74, 6) is 1.03. The fraction of sp³-hybridized carbons (Fsp3) is 0.417. The first-order valence-electron chi connectivity index (χ1n) is 15.6. The molecule has 0 aliphatic rings. The van der Waals surface area contributed by atoms with Gasteiger partial charge in [-0.15, -0.1) is 0 Å². The third-order valence-corrected chi connectivity index (χ3v) is 8.37. The van der Waals surface area contributed by atoms with E-state index in [4.69, 9.17) is 16.6 Å². The zero-order valence-electron chi connectivity index (χ0n) is 26.6. The Bertz CT molecular complexity index is 1620. The van der Waals surface area contributed by atoms with Gasteiger partial charge in [-0.3, -0.25) is 9.36 Å². The molecule has 4 aromatic rings. The number of hydrogen-bond acceptors (Lipinski definition) is 3. The minimum atomic E-state index is -0.446. The van der Waals surface area contributed by atoms with Crippen molar-refractivity contribution in [3.05, 3.63) is 98.6 Å². The molecule has 0 spiro atoms. The quantitative estimate of drug-likeness (QED) is 0.174. The van der Waals surface area contributed by atoms with Crippen molar-refractivity contribution in [1.29, 1.82) is 0 Å². The largest absolute Gasteiger partial charge is 0.322 e. The van der Waals surface area contributed by atoms with E-state index in [0.717, 1.165) is 41.6 Å². The van der Waals surface area contributed by atoms with Crippen molar-refractivity contribution in [3.8, 4) is 5.69 Å². The lowest BCUT2D eigenvalue weighted by Gasteiger charge is -2.33. The highest BCUT2D eigenvalue weighted by atomic mass is 35.5. The fourth-order valence-corrected chi connectivity index (χ4v) is 6.05. The van der Waals surface area contributed by atoms with E-state index in [-0.39, 0.29) is 23.4 Å². The monoisotopic (exact) mass is 600 g/mol. The molecule has 1 aromatic heterocycles. The number of aromatic nitrogens is 2. The van der Waals surface area contributed by atoms with E-state index < -0.39 is 6.04 Å². The van der Waals surface area contributed by atoms with Crippen LogP contribution in [0.2, 0.25) is 5.02 Å². The van der Waals surface area contributed by atoms with Crippen molar-refractivity contribution >= 4 is 34.2 Å². The predicted molar refractivity (Wildman–Crippen MR) is 180 cm³/mol. The normalized spacial score (nSPS) is 12.2. The van der Waals surface area contributed by atoms with Gasteiger partial charge in [0.25, 0.3) is 5.56 Å². The van der Waals surface area contributed by atoms with Gasteiger partial charge in [-0.25, -0.2) is 9.78 Å². The van der Waals surface area contributed by atoms with Gasteiger partial charge < -0.3 is 10.2 Å². The highest BCUT2D eigenvalue weighted by Crippen LogP contribution is 2.34.